The van der Waals surface area contributed by atoms with Crippen LogP contribution in [0.5, 0.6) is 0 Å². The van der Waals surface area contributed by atoms with E-state index in [1.54, 1.807) is 22.7 Å². The van der Waals surface area contributed by atoms with Crippen molar-refractivity contribution in [1.29, 1.82) is 0 Å². The average molecular weight is 614 g/mol. The Morgan fingerprint density at radius 2 is 1.45 bits per heavy atom. The molecule has 4 heterocycles. The van der Waals surface area contributed by atoms with Crippen LogP contribution in [0.1, 0.15) is 38.2 Å². The Hall–Kier alpha value is -2.34. The van der Waals surface area contributed by atoms with Gasteiger partial charge in [0.2, 0.25) is 0 Å². The molecule has 198 valence electrons. The standard InChI is InChI=1S/C11H11NS.C9H14BNO4.C7H4BrNS/c1-7-4-9(7)8-2-3-11-10(5-8)12-6-13-11;1-6-3-7(6)10-11(2,4-8(12)14-10)5-9(13)15-10;8-5-1-2-7-6(3-5)9-4-10-7/h2-3,5-7,9H,4H2,1H3;6-7H,3-5H2,1-2H3;1-4H/t7-,9-;6-,7-,10?,11?;/m11./s1. The van der Waals surface area contributed by atoms with Crippen LogP contribution in [0.3, 0.4) is 0 Å². The molecule has 2 aromatic heterocycles. The Labute approximate surface area is 237 Å². The van der Waals surface area contributed by atoms with E-state index in [-0.39, 0.29) is 30.8 Å². The fraction of sp³-hybridized carbons (Fsp3) is 0.407. The van der Waals surface area contributed by atoms with Gasteiger partial charge in [0.25, 0.3) is 0 Å². The molecule has 0 spiro atoms. The molecule has 2 aliphatic carbocycles. The van der Waals surface area contributed by atoms with E-state index < -0.39 is 6.69 Å². The zero-order chi connectivity index (χ0) is 26.7. The van der Waals surface area contributed by atoms with Gasteiger partial charge >= 0.3 is 18.6 Å². The summed E-state index contributed by atoms with van der Waals surface area (Å²) in [4.78, 5) is 31.3. The smallest absolute Gasteiger partial charge is 0.587 e. The maximum absolute atomic E-state index is 11.4. The van der Waals surface area contributed by atoms with Crippen molar-refractivity contribution < 1.29 is 23.3 Å². The number of fused-ring (bicyclic) bond motifs is 3. The summed E-state index contributed by atoms with van der Waals surface area (Å²) < 4.78 is 14.8. The summed E-state index contributed by atoms with van der Waals surface area (Å²) in [6.45, 7) is 3.23. The molecular weight excluding hydrogens is 585 g/mol. The number of likely N-dealkylation sites (N-methyl/N-ethyl adjacent to an activating group) is 1. The normalized spacial score (nSPS) is 32.5. The number of hydrogen-bond donors (Lipinski definition) is 0. The van der Waals surface area contributed by atoms with Crippen molar-refractivity contribution in [3.8, 4) is 0 Å². The molecule has 2 saturated heterocycles. The molecule has 11 heteroatoms. The molecule has 4 aromatic rings. The van der Waals surface area contributed by atoms with Gasteiger partial charge in [-0.25, -0.2) is 9.97 Å². The van der Waals surface area contributed by atoms with Gasteiger partial charge in [-0.15, -0.1) is 22.7 Å². The van der Waals surface area contributed by atoms with E-state index in [9.17, 15) is 9.59 Å². The Morgan fingerprint density at radius 1 is 0.895 bits per heavy atom. The van der Waals surface area contributed by atoms with Crippen molar-refractivity contribution in [3.63, 3.8) is 0 Å². The number of carbonyl (C=O) groups excluding carboxylic acids is 2. The van der Waals surface area contributed by atoms with Crippen molar-refractivity contribution in [2.75, 3.05) is 20.1 Å². The van der Waals surface area contributed by atoms with E-state index in [0.717, 1.165) is 28.2 Å². The van der Waals surface area contributed by atoms with E-state index in [0.29, 0.717) is 10.3 Å². The van der Waals surface area contributed by atoms with Crippen LogP contribution < -0.4 is 0 Å². The molecule has 0 unspecified atom stereocenters. The minimum atomic E-state index is -1.73. The fourth-order valence-corrected chi connectivity index (χ4v) is 7.59. The van der Waals surface area contributed by atoms with E-state index in [1.807, 2.05) is 30.2 Å². The highest BCUT2D eigenvalue weighted by atomic mass is 79.9. The summed E-state index contributed by atoms with van der Waals surface area (Å²) in [6, 6.07) is 12.8. The minimum Gasteiger partial charge on any atom is -0.600 e. The van der Waals surface area contributed by atoms with E-state index in [2.05, 4.69) is 64.0 Å². The molecule has 0 radical (unpaired) electrons. The number of thiazole rings is 2. The molecule has 8 rings (SSSR count). The summed E-state index contributed by atoms with van der Waals surface area (Å²) >= 11 is 6.76. The molecule has 0 bridgehead atoms. The first-order valence-corrected chi connectivity index (χ1v) is 15.5. The highest BCUT2D eigenvalue weighted by molar-refractivity contribution is 9.10. The lowest BCUT2D eigenvalue weighted by Crippen LogP contribution is -2.60. The Kier molecular flexibility index (Phi) is 6.61. The van der Waals surface area contributed by atoms with Crippen molar-refractivity contribution >= 4 is 77.7 Å². The third-order valence-electron chi connectivity index (χ3n) is 8.35. The highest BCUT2D eigenvalue weighted by Crippen LogP contribution is 2.57. The quantitative estimate of drug-likeness (QED) is 0.244. The molecule has 38 heavy (non-hydrogen) atoms. The summed E-state index contributed by atoms with van der Waals surface area (Å²) in [6.07, 6.45) is 2.35. The van der Waals surface area contributed by atoms with Crippen LogP contribution in [0, 0.1) is 11.8 Å². The van der Waals surface area contributed by atoms with Gasteiger partial charge in [0.1, 0.15) is 13.1 Å². The van der Waals surface area contributed by atoms with Crippen LogP contribution in [-0.4, -0.2) is 53.1 Å². The Balaban J connectivity index is 0.000000106. The average Bonchev–Trinajstić information content (AvgIpc) is 3.52. The lowest BCUT2D eigenvalue weighted by atomic mass is 9.61. The molecule has 2 aromatic carbocycles. The number of nitrogens with zero attached hydrogens (tertiary/aromatic N) is 3. The number of hydrogen-bond acceptors (Lipinski definition) is 8. The number of aromatic nitrogens is 2. The van der Waals surface area contributed by atoms with Crippen molar-refractivity contribution in [3.05, 3.63) is 57.5 Å². The summed E-state index contributed by atoms with van der Waals surface area (Å²) in [5, 5.41) is 0. The van der Waals surface area contributed by atoms with Gasteiger partial charge in [-0.2, -0.15) is 0 Å². The second-order valence-electron chi connectivity index (χ2n) is 11.2. The molecule has 0 amide bonds. The number of quaternary nitrogens is 1. The Bertz CT molecular complexity index is 1520. The fourth-order valence-electron chi connectivity index (χ4n) is 5.93. The number of benzene rings is 2. The molecule has 4 fully saturated rings. The summed E-state index contributed by atoms with van der Waals surface area (Å²) in [7, 11) is 1.89. The Morgan fingerprint density at radius 3 is 2.00 bits per heavy atom. The number of rotatable bonds is 2. The zero-order valence-electron chi connectivity index (χ0n) is 21.5. The first-order chi connectivity index (χ1) is 18.2. The molecule has 4 aliphatic rings. The van der Waals surface area contributed by atoms with Crippen LogP contribution in [0.2, 0.25) is 5.82 Å². The molecule has 7 nitrogen and oxygen atoms in total. The van der Waals surface area contributed by atoms with E-state index in [1.165, 1.54) is 26.9 Å². The van der Waals surface area contributed by atoms with Crippen LogP contribution in [0.25, 0.3) is 20.4 Å². The van der Waals surface area contributed by atoms with Gasteiger partial charge in [-0.1, -0.05) is 48.2 Å². The lowest BCUT2D eigenvalue weighted by molar-refractivity contribution is -0.794. The van der Waals surface area contributed by atoms with Crippen molar-refractivity contribution in [1.82, 2.24) is 9.97 Å². The second kappa shape index (κ2) is 9.69. The van der Waals surface area contributed by atoms with Gasteiger partial charge in [0, 0.05) is 11.5 Å². The maximum Gasteiger partial charge on any atom is 0.587 e. The highest BCUT2D eigenvalue weighted by Gasteiger charge is 2.73. The van der Waals surface area contributed by atoms with Gasteiger partial charge < -0.3 is 13.7 Å². The lowest BCUT2D eigenvalue weighted by Gasteiger charge is -2.40. The topological polar surface area (TPSA) is 78.4 Å². The van der Waals surface area contributed by atoms with Crippen LogP contribution in [0.15, 0.2) is 51.9 Å². The van der Waals surface area contributed by atoms with Gasteiger partial charge in [0.15, 0.2) is 0 Å². The van der Waals surface area contributed by atoms with E-state index >= 15 is 0 Å². The summed E-state index contributed by atoms with van der Waals surface area (Å²) in [5.41, 5.74) is 7.49. The monoisotopic (exact) mass is 613 g/mol. The van der Waals surface area contributed by atoms with Gasteiger partial charge in [-0.3, -0.25) is 9.59 Å². The second-order valence-corrected chi connectivity index (χ2v) is 13.9. The maximum atomic E-state index is 11.4. The summed E-state index contributed by atoms with van der Waals surface area (Å²) in [5.74, 6) is 1.97. The molecule has 2 aliphatic heterocycles. The van der Waals surface area contributed by atoms with Crippen LogP contribution in [-0.2, 0) is 18.9 Å². The van der Waals surface area contributed by atoms with Crippen molar-refractivity contribution in [2.24, 2.45) is 11.8 Å². The minimum absolute atomic E-state index is 0.232. The van der Waals surface area contributed by atoms with Crippen LogP contribution in [0.4, 0.5) is 0 Å². The molecule has 0 N–H and O–H groups in total. The SMILES string of the molecule is Brc1ccc2scnc2c1.C[C@@H]1C[C@H]1[B-]12OC(=O)C[N+]1(C)CC(=O)O2.C[C@@H]1C[C@H]1c1ccc2scnc2c1. The molecule has 2 saturated carbocycles. The number of carbonyl (C=O) groups is 2. The third-order valence-corrected chi connectivity index (χ3v) is 10.5. The molecule has 4 atom stereocenters. The first-order valence-electron chi connectivity index (χ1n) is 12.9. The van der Waals surface area contributed by atoms with Gasteiger partial charge in [-0.05, 0) is 60.0 Å². The third kappa shape index (κ3) is 4.78. The number of halogens is 1. The first kappa shape index (κ1) is 25.9. The predicted molar refractivity (Wildman–Crippen MR) is 155 cm³/mol. The van der Waals surface area contributed by atoms with Crippen LogP contribution >= 0.6 is 38.6 Å². The van der Waals surface area contributed by atoms with E-state index in [4.69, 9.17) is 9.31 Å². The zero-order valence-corrected chi connectivity index (χ0v) is 24.7. The van der Waals surface area contributed by atoms with Gasteiger partial charge in [0.05, 0.1) is 31.5 Å². The molecular formula is C27H29BBrN3O4S2. The largest absolute Gasteiger partial charge is 0.600 e. The van der Waals surface area contributed by atoms with Crippen molar-refractivity contribution in [2.45, 2.75) is 38.4 Å². The predicted octanol–water partition coefficient (Wildman–Crippen LogP) is 6.37.